The number of allylic oxidation sites excluding steroid dienone is 1. The van der Waals surface area contributed by atoms with E-state index in [0.717, 1.165) is 38.5 Å². The fourth-order valence-corrected chi connectivity index (χ4v) is 3.08. The molecule has 0 spiro atoms. The molecule has 4 heteroatoms. The molecule has 2 fully saturated rings. The first-order valence-corrected chi connectivity index (χ1v) is 9.27. The summed E-state index contributed by atoms with van der Waals surface area (Å²) in [6.07, 6.45) is 17.1. The molecule has 0 aromatic carbocycles. The average molecular weight is 324 g/mol. The minimum atomic E-state index is -0.0907. The number of ether oxygens (including phenoxy) is 3. The van der Waals surface area contributed by atoms with Crippen LogP contribution < -0.4 is 0 Å². The molecular formula is C19H32O4. The molecule has 0 bridgehead atoms. The van der Waals surface area contributed by atoms with Gasteiger partial charge in [0.2, 0.25) is 0 Å². The van der Waals surface area contributed by atoms with Crippen LogP contribution in [0.1, 0.15) is 71.1 Å². The van der Waals surface area contributed by atoms with Crippen LogP contribution in [-0.4, -0.2) is 37.5 Å². The summed E-state index contributed by atoms with van der Waals surface area (Å²) in [4.78, 5) is 10.9. The van der Waals surface area contributed by atoms with Crippen LogP contribution in [0.5, 0.6) is 0 Å². The highest BCUT2D eigenvalue weighted by Gasteiger charge is 2.46. The van der Waals surface area contributed by atoms with Crippen LogP contribution in [0.2, 0.25) is 0 Å². The van der Waals surface area contributed by atoms with Crippen molar-refractivity contribution in [3.05, 3.63) is 12.2 Å². The van der Waals surface area contributed by atoms with Gasteiger partial charge in [-0.3, -0.25) is 4.79 Å². The average Bonchev–Trinajstić information content (AvgIpc) is 3.47. The molecule has 4 unspecified atom stereocenters. The van der Waals surface area contributed by atoms with Crippen LogP contribution in [0, 0.1) is 0 Å². The van der Waals surface area contributed by atoms with E-state index in [4.69, 9.17) is 9.47 Å². The lowest BCUT2D eigenvalue weighted by atomic mass is 10.1. The summed E-state index contributed by atoms with van der Waals surface area (Å²) in [6.45, 7) is 2.18. The van der Waals surface area contributed by atoms with Gasteiger partial charge in [-0.15, -0.1) is 0 Å². The van der Waals surface area contributed by atoms with Crippen LogP contribution in [0.3, 0.4) is 0 Å². The lowest BCUT2D eigenvalue weighted by Gasteiger charge is -2.00. The van der Waals surface area contributed by atoms with Gasteiger partial charge in [0.15, 0.2) is 0 Å². The number of rotatable bonds is 13. The van der Waals surface area contributed by atoms with Crippen molar-refractivity contribution < 1.29 is 19.0 Å². The van der Waals surface area contributed by atoms with Gasteiger partial charge >= 0.3 is 5.97 Å². The number of hydrogen-bond donors (Lipinski definition) is 0. The minimum absolute atomic E-state index is 0.0907. The second-order valence-corrected chi connectivity index (χ2v) is 6.66. The monoisotopic (exact) mass is 324 g/mol. The van der Waals surface area contributed by atoms with Crippen molar-refractivity contribution >= 4 is 5.97 Å². The van der Waals surface area contributed by atoms with E-state index in [1.54, 1.807) is 0 Å². The fraction of sp³-hybridized carbons (Fsp3) is 0.842. The molecule has 0 aliphatic carbocycles. The molecule has 0 aromatic rings. The summed E-state index contributed by atoms with van der Waals surface area (Å²) in [7, 11) is 1.45. The number of unbranched alkanes of at least 4 members (excludes halogenated alkanes) is 5. The van der Waals surface area contributed by atoms with Gasteiger partial charge in [0.05, 0.1) is 31.5 Å². The highest BCUT2D eigenvalue weighted by molar-refractivity contribution is 5.68. The lowest BCUT2D eigenvalue weighted by Crippen LogP contribution is -2.00. The van der Waals surface area contributed by atoms with Crippen LogP contribution in [0.4, 0.5) is 0 Å². The smallest absolute Gasteiger partial charge is 0.305 e. The SMILES string of the molecule is CCC1OC1CC1OC1C/C=C/CCCCCCCC(=O)OC. The van der Waals surface area contributed by atoms with Crippen molar-refractivity contribution in [1.29, 1.82) is 0 Å². The molecule has 4 nitrogen and oxygen atoms in total. The topological polar surface area (TPSA) is 51.4 Å². The van der Waals surface area contributed by atoms with E-state index in [-0.39, 0.29) is 5.97 Å². The number of hydrogen-bond acceptors (Lipinski definition) is 4. The highest BCUT2D eigenvalue weighted by atomic mass is 16.6. The number of carbonyl (C=O) groups excluding carboxylic acids is 1. The maximum atomic E-state index is 10.9. The van der Waals surface area contributed by atoms with Gasteiger partial charge in [-0.25, -0.2) is 0 Å². The van der Waals surface area contributed by atoms with Crippen LogP contribution >= 0.6 is 0 Å². The highest BCUT2D eigenvalue weighted by Crippen LogP contribution is 2.37. The van der Waals surface area contributed by atoms with Crippen molar-refractivity contribution in [2.75, 3.05) is 7.11 Å². The summed E-state index contributed by atoms with van der Waals surface area (Å²) in [5.74, 6) is -0.0907. The molecule has 0 N–H and O–H groups in total. The van der Waals surface area contributed by atoms with Crippen molar-refractivity contribution in [3.63, 3.8) is 0 Å². The summed E-state index contributed by atoms with van der Waals surface area (Å²) in [5.41, 5.74) is 0. The zero-order valence-corrected chi connectivity index (χ0v) is 14.7. The normalized spacial score (nSPS) is 29.0. The molecule has 2 aliphatic heterocycles. The van der Waals surface area contributed by atoms with Gasteiger partial charge in [0.1, 0.15) is 0 Å². The van der Waals surface area contributed by atoms with Gasteiger partial charge in [-0.1, -0.05) is 38.3 Å². The quantitative estimate of drug-likeness (QED) is 0.221. The third-order valence-corrected chi connectivity index (χ3v) is 4.76. The number of esters is 1. The molecule has 4 atom stereocenters. The van der Waals surface area contributed by atoms with E-state index < -0.39 is 0 Å². The zero-order chi connectivity index (χ0) is 16.5. The Bertz CT molecular complexity index is 380. The third kappa shape index (κ3) is 7.49. The molecule has 23 heavy (non-hydrogen) atoms. The summed E-state index contributed by atoms with van der Waals surface area (Å²) >= 11 is 0. The maximum absolute atomic E-state index is 10.9. The first-order valence-electron chi connectivity index (χ1n) is 9.27. The summed E-state index contributed by atoms with van der Waals surface area (Å²) in [5, 5.41) is 0. The Morgan fingerprint density at radius 1 is 0.957 bits per heavy atom. The third-order valence-electron chi connectivity index (χ3n) is 4.76. The molecule has 2 rings (SSSR count). The van der Waals surface area contributed by atoms with E-state index in [2.05, 4.69) is 23.8 Å². The van der Waals surface area contributed by atoms with Crippen molar-refractivity contribution in [2.24, 2.45) is 0 Å². The number of methoxy groups -OCH3 is 1. The zero-order valence-electron chi connectivity index (χ0n) is 14.7. The molecule has 0 aromatic heterocycles. The first kappa shape index (κ1) is 18.5. The standard InChI is InChI=1S/C19H32O4/c1-3-15-17(22-15)14-18-16(23-18)12-10-8-6-4-5-7-9-11-13-19(20)21-2/h8,10,15-18H,3-7,9,11-14H2,1-2H3/b10-8+. The molecule has 132 valence electrons. The van der Waals surface area contributed by atoms with Gasteiger partial charge in [0.25, 0.3) is 0 Å². The van der Waals surface area contributed by atoms with E-state index >= 15 is 0 Å². The summed E-state index contributed by atoms with van der Waals surface area (Å²) < 4.78 is 15.9. The van der Waals surface area contributed by atoms with Crippen LogP contribution in [0.15, 0.2) is 12.2 Å². The molecule has 2 heterocycles. The molecule has 2 aliphatic rings. The minimum Gasteiger partial charge on any atom is -0.469 e. The molecular weight excluding hydrogens is 292 g/mol. The van der Waals surface area contributed by atoms with Crippen molar-refractivity contribution in [1.82, 2.24) is 0 Å². The Hall–Kier alpha value is -0.870. The van der Waals surface area contributed by atoms with Gasteiger partial charge in [0, 0.05) is 12.8 Å². The van der Waals surface area contributed by atoms with Gasteiger partial charge < -0.3 is 14.2 Å². The number of carbonyl (C=O) groups is 1. The van der Waals surface area contributed by atoms with Crippen molar-refractivity contribution in [3.8, 4) is 0 Å². The second kappa shape index (κ2) is 10.1. The first-order chi connectivity index (χ1) is 11.2. The Kier molecular flexibility index (Phi) is 8.10. The Morgan fingerprint density at radius 2 is 1.65 bits per heavy atom. The predicted molar refractivity (Wildman–Crippen MR) is 90.3 cm³/mol. The van der Waals surface area contributed by atoms with E-state index in [9.17, 15) is 4.79 Å². The Labute approximate surface area is 140 Å². The largest absolute Gasteiger partial charge is 0.469 e. The predicted octanol–water partition coefficient (Wildman–Crippen LogP) is 4.17. The van der Waals surface area contributed by atoms with Crippen LogP contribution in [-0.2, 0) is 19.0 Å². The van der Waals surface area contributed by atoms with E-state index in [0.29, 0.717) is 30.8 Å². The summed E-state index contributed by atoms with van der Waals surface area (Å²) in [6, 6.07) is 0. The van der Waals surface area contributed by atoms with Crippen LogP contribution in [0.25, 0.3) is 0 Å². The lowest BCUT2D eigenvalue weighted by molar-refractivity contribution is -0.140. The number of epoxide rings is 2. The van der Waals surface area contributed by atoms with Crippen molar-refractivity contribution in [2.45, 2.75) is 95.5 Å². The molecule has 0 radical (unpaired) electrons. The van der Waals surface area contributed by atoms with E-state index in [1.807, 2.05) is 0 Å². The molecule has 2 saturated heterocycles. The maximum Gasteiger partial charge on any atom is 0.305 e. The fourth-order valence-electron chi connectivity index (χ4n) is 3.08. The van der Waals surface area contributed by atoms with Gasteiger partial charge in [-0.2, -0.15) is 0 Å². The molecule has 0 amide bonds. The Morgan fingerprint density at radius 3 is 2.39 bits per heavy atom. The van der Waals surface area contributed by atoms with Gasteiger partial charge in [-0.05, 0) is 32.1 Å². The van der Waals surface area contributed by atoms with E-state index in [1.165, 1.54) is 26.4 Å². The Balaban J connectivity index is 1.34. The molecule has 0 saturated carbocycles. The second-order valence-electron chi connectivity index (χ2n) is 6.66.